The maximum Gasteiger partial charge on any atom is 0.341 e. The van der Waals surface area contributed by atoms with Crippen LogP contribution in [0.1, 0.15) is 41.0 Å². The molecule has 0 aromatic carbocycles. The van der Waals surface area contributed by atoms with E-state index in [1.54, 1.807) is 40.7 Å². The highest BCUT2D eigenvalue weighted by Gasteiger charge is 2.48. The van der Waals surface area contributed by atoms with E-state index in [2.05, 4.69) is 4.90 Å². The second kappa shape index (κ2) is 9.20. The molecule has 0 unspecified atom stereocenters. The van der Waals surface area contributed by atoms with Crippen molar-refractivity contribution in [3.63, 3.8) is 0 Å². The molecule has 0 radical (unpaired) electrons. The summed E-state index contributed by atoms with van der Waals surface area (Å²) < 4.78 is 16.4. The third-order valence-electron chi connectivity index (χ3n) is 5.98. The Morgan fingerprint density at radius 2 is 2.07 bits per heavy atom. The Morgan fingerprint density at radius 3 is 2.64 bits per heavy atom. The summed E-state index contributed by atoms with van der Waals surface area (Å²) in [6, 6.07) is -0.0894. The van der Waals surface area contributed by atoms with Crippen LogP contribution in [0.3, 0.4) is 0 Å². The van der Waals surface area contributed by atoms with E-state index in [-0.39, 0.29) is 30.6 Å². The molecule has 2 aliphatic rings. The van der Waals surface area contributed by atoms with Gasteiger partial charge in [-0.15, -0.1) is 0 Å². The van der Waals surface area contributed by atoms with Gasteiger partial charge in [0.15, 0.2) is 5.60 Å². The first-order valence-corrected chi connectivity index (χ1v) is 9.86. The fourth-order valence-corrected chi connectivity index (χ4v) is 3.79. The van der Waals surface area contributed by atoms with Crippen molar-refractivity contribution in [2.75, 3.05) is 26.8 Å². The Morgan fingerprint density at radius 1 is 1.39 bits per heavy atom. The maximum absolute atomic E-state index is 12.7. The van der Waals surface area contributed by atoms with Gasteiger partial charge in [-0.3, -0.25) is 4.90 Å². The first kappa shape index (κ1) is 22.6. The fraction of sp³-hybridized carbons (Fsp3) is 0.714. The van der Waals surface area contributed by atoms with E-state index >= 15 is 0 Å². The highest BCUT2D eigenvalue weighted by atomic mass is 16.6. The van der Waals surface area contributed by atoms with Crippen LogP contribution >= 0.6 is 0 Å². The summed E-state index contributed by atoms with van der Waals surface area (Å²) in [6.45, 7) is 10.3. The lowest BCUT2D eigenvalue weighted by molar-refractivity contribution is -0.186. The van der Waals surface area contributed by atoms with Gasteiger partial charge in [-0.05, 0) is 38.7 Å². The summed E-state index contributed by atoms with van der Waals surface area (Å²) in [7, 11) is 1.45. The van der Waals surface area contributed by atoms with E-state index in [4.69, 9.17) is 14.2 Å². The number of methoxy groups -OCH3 is 1. The van der Waals surface area contributed by atoms with Crippen LogP contribution in [0.15, 0.2) is 23.3 Å². The molecule has 0 amide bonds. The maximum atomic E-state index is 12.7. The minimum Gasteiger partial charge on any atom is -0.459 e. The summed E-state index contributed by atoms with van der Waals surface area (Å²) >= 11 is 0. The van der Waals surface area contributed by atoms with Crippen molar-refractivity contribution < 1.29 is 28.9 Å². The normalized spacial score (nSPS) is 25.9. The molecule has 0 spiro atoms. The number of nitrogens with zero attached hydrogens (tertiary/aromatic N) is 1. The van der Waals surface area contributed by atoms with Crippen LogP contribution in [-0.4, -0.2) is 72.6 Å². The second-order valence-electron chi connectivity index (χ2n) is 7.86. The number of hydrogen-bond donors (Lipinski definition) is 1. The molecule has 2 aliphatic heterocycles. The summed E-state index contributed by atoms with van der Waals surface area (Å²) in [5.41, 5.74) is -0.250. The minimum absolute atomic E-state index is 0.0577. The first-order valence-electron chi connectivity index (χ1n) is 9.86. The molecule has 28 heavy (non-hydrogen) atoms. The summed E-state index contributed by atoms with van der Waals surface area (Å²) in [6.07, 6.45) is 3.52. The Kier molecular flexibility index (Phi) is 7.42. The lowest BCUT2D eigenvalue weighted by Crippen LogP contribution is -2.54. The molecule has 1 fully saturated rings. The van der Waals surface area contributed by atoms with Crippen molar-refractivity contribution in [3.05, 3.63) is 23.3 Å². The molecule has 1 saturated heterocycles. The number of fused-ring (bicyclic) bond motifs is 1. The lowest BCUT2D eigenvalue weighted by Gasteiger charge is -2.34. The molecule has 0 bridgehead atoms. The van der Waals surface area contributed by atoms with Gasteiger partial charge in [0.1, 0.15) is 12.7 Å². The molecular weight excluding hydrogens is 362 g/mol. The molecule has 0 aromatic rings. The van der Waals surface area contributed by atoms with Gasteiger partial charge in [-0.2, -0.15) is 0 Å². The van der Waals surface area contributed by atoms with Crippen molar-refractivity contribution in [1.29, 1.82) is 0 Å². The zero-order valence-corrected chi connectivity index (χ0v) is 17.7. The Bertz CT molecular complexity index is 655. The minimum atomic E-state index is -1.72. The molecule has 0 saturated carbocycles. The molecular formula is C21H33NO6. The number of hydrogen-bond acceptors (Lipinski definition) is 7. The zero-order valence-electron chi connectivity index (χ0n) is 17.7. The average molecular weight is 395 g/mol. The second-order valence-corrected chi connectivity index (χ2v) is 7.86. The van der Waals surface area contributed by atoms with Crippen LogP contribution in [0.25, 0.3) is 0 Å². The van der Waals surface area contributed by atoms with Gasteiger partial charge in [0.05, 0.1) is 12.1 Å². The predicted octanol–water partition coefficient (Wildman–Crippen LogP) is 1.84. The molecule has 7 nitrogen and oxygen atoms in total. The van der Waals surface area contributed by atoms with E-state index in [9.17, 15) is 14.7 Å². The smallest absolute Gasteiger partial charge is 0.341 e. The van der Waals surface area contributed by atoms with Gasteiger partial charge in [-0.25, -0.2) is 9.59 Å². The van der Waals surface area contributed by atoms with E-state index in [1.165, 1.54) is 7.11 Å². The standard InChI is InChI=1S/C21H33NO6/c1-7-14(4)19(23)28-17-9-11-22-10-8-16(18(17)22)12-27-20(24)21(25,13(2)3)15(5)26-6/h7-8,13,15,17-18,25H,9-12H2,1-6H3/b14-7-/t15-,17+,18-,21+/m1/s1. The van der Waals surface area contributed by atoms with Gasteiger partial charge in [0.2, 0.25) is 0 Å². The largest absolute Gasteiger partial charge is 0.459 e. The Balaban J connectivity index is 2.04. The van der Waals surface area contributed by atoms with Crippen LogP contribution in [-0.2, 0) is 23.8 Å². The van der Waals surface area contributed by atoms with Crippen LogP contribution in [0.2, 0.25) is 0 Å². The third kappa shape index (κ3) is 4.31. The number of ether oxygens (including phenoxy) is 3. The SMILES string of the molecule is C/C=C(/C)C(=O)O[C@H]1CCN2CC=C(COC(=O)[C@](O)(C(C)C)[C@@H](C)OC)[C@H]12. The van der Waals surface area contributed by atoms with Crippen molar-refractivity contribution in [2.45, 2.75) is 64.9 Å². The quantitative estimate of drug-likeness (QED) is 0.381. The van der Waals surface area contributed by atoms with Crippen LogP contribution in [0.4, 0.5) is 0 Å². The molecule has 0 aliphatic carbocycles. The average Bonchev–Trinajstić information content (AvgIpc) is 3.26. The van der Waals surface area contributed by atoms with Crippen LogP contribution in [0, 0.1) is 5.92 Å². The lowest BCUT2D eigenvalue weighted by atomic mass is 9.85. The van der Waals surface area contributed by atoms with Crippen molar-refractivity contribution in [2.24, 2.45) is 5.92 Å². The van der Waals surface area contributed by atoms with Crippen molar-refractivity contribution >= 4 is 11.9 Å². The van der Waals surface area contributed by atoms with Crippen LogP contribution < -0.4 is 0 Å². The zero-order chi connectivity index (χ0) is 21.1. The van der Waals surface area contributed by atoms with Gasteiger partial charge in [0.25, 0.3) is 0 Å². The summed E-state index contributed by atoms with van der Waals surface area (Å²) in [5, 5.41) is 10.8. The number of aliphatic hydroxyl groups is 1. The summed E-state index contributed by atoms with van der Waals surface area (Å²) in [5.74, 6) is -1.39. The van der Waals surface area contributed by atoms with E-state index in [1.807, 2.05) is 6.08 Å². The monoisotopic (exact) mass is 395 g/mol. The van der Waals surface area contributed by atoms with Gasteiger partial charge in [0, 0.05) is 25.8 Å². The number of esters is 2. The molecule has 0 aromatic heterocycles. The summed E-state index contributed by atoms with van der Waals surface area (Å²) in [4.78, 5) is 27.0. The van der Waals surface area contributed by atoms with Crippen molar-refractivity contribution in [3.8, 4) is 0 Å². The topological polar surface area (TPSA) is 85.3 Å². The van der Waals surface area contributed by atoms with E-state index < -0.39 is 17.7 Å². The van der Waals surface area contributed by atoms with Gasteiger partial charge < -0.3 is 19.3 Å². The first-order chi connectivity index (χ1) is 13.2. The molecule has 158 valence electrons. The molecule has 1 N–H and O–H groups in total. The highest BCUT2D eigenvalue weighted by molar-refractivity contribution is 5.87. The highest BCUT2D eigenvalue weighted by Crippen LogP contribution is 2.32. The Hall–Kier alpha value is -1.70. The number of rotatable bonds is 8. The van der Waals surface area contributed by atoms with Gasteiger partial charge in [-0.1, -0.05) is 26.0 Å². The van der Waals surface area contributed by atoms with Gasteiger partial charge >= 0.3 is 11.9 Å². The van der Waals surface area contributed by atoms with E-state index in [0.717, 1.165) is 25.1 Å². The Labute approximate surface area is 167 Å². The number of allylic oxidation sites excluding steroid dienone is 1. The van der Waals surface area contributed by atoms with Crippen molar-refractivity contribution in [1.82, 2.24) is 4.90 Å². The van der Waals surface area contributed by atoms with E-state index in [0.29, 0.717) is 5.57 Å². The predicted molar refractivity (Wildman–Crippen MR) is 105 cm³/mol. The van der Waals surface area contributed by atoms with Crippen LogP contribution in [0.5, 0.6) is 0 Å². The third-order valence-corrected chi connectivity index (χ3v) is 5.98. The number of carbonyl (C=O) groups is 2. The molecule has 7 heteroatoms. The molecule has 2 heterocycles. The molecule has 2 rings (SSSR count). The number of carbonyl (C=O) groups excluding carboxylic acids is 2. The molecule has 4 atom stereocenters. The fourth-order valence-electron chi connectivity index (χ4n) is 3.79.